The van der Waals surface area contributed by atoms with Crippen molar-refractivity contribution >= 4 is 11.4 Å². The lowest BCUT2D eigenvalue weighted by atomic mass is 9.83. The van der Waals surface area contributed by atoms with Crippen LogP contribution >= 0.6 is 0 Å². The minimum Gasteiger partial charge on any atom is -0.494 e. The lowest BCUT2D eigenvalue weighted by Gasteiger charge is -2.25. The quantitative estimate of drug-likeness (QED) is 0.744. The second-order valence-electron chi connectivity index (χ2n) is 4.22. The molecule has 1 aliphatic rings. The molecule has 15 heavy (non-hydrogen) atoms. The van der Waals surface area contributed by atoms with Crippen LogP contribution in [0.2, 0.25) is 0 Å². The van der Waals surface area contributed by atoms with Crippen molar-refractivity contribution < 1.29 is 4.74 Å². The molecule has 1 aromatic carbocycles. The summed E-state index contributed by atoms with van der Waals surface area (Å²) >= 11 is 0. The maximum atomic E-state index is 5.68. The van der Waals surface area contributed by atoms with Gasteiger partial charge in [-0.3, -0.25) is 0 Å². The Hall–Kier alpha value is -1.38. The fourth-order valence-corrected chi connectivity index (χ4v) is 1.77. The van der Waals surface area contributed by atoms with Crippen molar-refractivity contribution in [1.82, 2.24) is 0 Å². The van der Waals surface area contributed by atoms with E-state index in [2.05, 4.69) is 0 Å². The summed E-state index contributed by atoms with van der Waals surface area (Å²) in [4.78, 5) is 0. The van der Waals surface area contributed by atoms with Crippen molar-refractivity contribution in [3.8, 4) is 5.75 Å². The predicted octanol–water partition coefficient (Wildman–Crippen LogP) is 2.42. The third kappa shape index (κ3) is 2.55. The standard InChI is InChI=1S/C12H18N2O/c13-11-5-4-10(8-12(11)14)15-7-6-9-2-1-3-9/h4-5,8-9H,1-3,6-7,13-14H2. The molecule has 1 fully saturated rings. The van der Waals surface area contributed by atoms with Crippen LogP contribution in [0.5, 0.6) is 5.75 Å². The Kier molecular flexibility index (Phi) is 2.99. The zero-order valence-electron chi connectivity index (χ0n) is 8.91. The van der Waals surface area contributed by atoms with Crippen molar-refractivity contribution in [1.29, 1.82) is 0 Å². The van der Waals surface area contributed by atoms with E-state index in [9.17, 15) is 0 Å². The number of nitrogens with two attached hydrogens (primary N) is 2. The van der Waals surface area contributed by atoms with Crippen LogP contribution in [-0.2, 0) is 0 Å². The van der Waals surface area contributed by atoms with Gasteiger partial charge in [0.15, 0.2) is 0 Å². The van der Waals surface area contributed by atoms with Gasteiger partial charge < -0.3 is 16.2 Å². The smallest absolute Gasteiger partial charge is 0.121 e. The van der Waals surface area contributed by atoms with Crippen LogP contribution in [-0.4, -0.2) is 6.61 Å². The van der Waals surface area contributed by atoms with Crippen LogP contribution in [0.4, 0.5) is 11.4 Å². The molecule has 3 heteroatoms. The summed E-state index contributed by atoms with van der Waals surface area (Å²) in [5.41, 5.74) is 12.5. The van der Waals surface area contributed by atoms with Gasteiger partial charge in [0.1, 0.15) is 5.75 Å². The average molecular weight is 206 g/mol. The highest BCUT2D eigenvalue weighted by atomic mass is 16.5. The molecule has 0 spiro atoms. The molecule has 0 aliphatic heterocycles. The van der Waals surface area contributed by atoms with Gasteiger partial charge in [-0.2, -0.15) is 0 Å². The minimum absolute atomic E-state index is 0.594. The first-order chi connectivity index (χ1) is 7.25. The van der Waals surface area contributed by atoms with Crippen LogP contribution in [0.25, 0.3) is 0 Å². The molecule has 0 heterocycles. The van der Waals surface area contributed by atoms with E-state index in [4.69, 9.17) is 16.2 Å². The molecule has 4 N–H and O–H groups in total. The van der Waals surface area contributed by atoms with Gasteiger partial charge in [0.25, 0.3) is 0 Å². The maximum Gasteiger partial charge on any atom is 0.121 e. The summed E-state index contributed by atoms with van der Waals surface area (Å²) in [6.45, 7) is 0.786. The van der Waals surface area contributed by atoms with E-state index >= 15 is 0 Å². The van der Waals surface area contributed by atoms with Gasteiger partial charge in [-0.1, -0.05) is 19.3 Å². The van der Waals surface area contributed by atoms with Crippen LogP contribution < -0.4 is 16.2 Å². The third-order valence-corrected chi connectivity index (χ3v) is 3.08. The average Bonchev–Trinajstić information content (AvgIpc) is 2.15. The molecule has 1 aromatic rings. The van der Waals surface area contributed by atoms with Gasteiger partial charge in [0.05, 0.1) is 18.0 Å². The zero-order valence-corrected chi connectivity index (χ0v) is 8.91. The Morgan fingerprint density at radius 1 is 1.20 bits per heavy atom. The number of nitrogen functional groups attached to an aromatic ring is 2. The third-order valence-electron chi connectivity index (χ3n) is 3.08. The first kappa shape index (κ1) is 10.1. The van der Waals surface area contributed by atoms with Crippen molar-refractivity contribution in [3.05, 3.63) is 18.2 Å². The lowest BCUT2D eigenvalue weighted by molar-refractivity contribution is 0.222. The number of anilines is 2. The molecule has 3 nitrogen and oxygen atoms in total. The molecular formula is C12H18N2O. The highest BCUT2D eigenvalue weighted by Gasteiger charge is 2.16. The van der Waals surface area contributed by atoms with E-state index in [1.807, 2.05) is 6.07 Å². The number of rotatable bonds is 4. The van der Waals surface area contributed by atoms with Crippen molar-refractivity contribution in [2.45, 2.75) is 25.7 Å². The molecule has 0 atom stereocenters. The second kappa shape index (κ2) is 4.43. The molecule has 0 unspecified atom stereocenters. The number of hydrogen-bond donors (Lipinski definition) is 2. The second-order valence-corrected chi connectivity index (χ2v) is 4.22. The molecule has 0 saturated heterocycles. The Balaban J connectivity index is 1.79. The van der Waals surface area contributed by atoms with Crippen molar-refractivity contribution in [3.63, 3.8) is 0 Å². The number of hydrogen-bond acceptors (Lipinski definition) is 3. The Bertz CT molecular complexity index is 334. The van der Waals surface area contributed by atoms with Crippen molar-refractivity contribution in [2.75, 3.05) is 18.1 Å². The highest BCUT2D eigenvalue weighted by Crippen LogP contribution is 2.29. The molecule has 0 aromatic heterocycles. The van der Waals surface area contributed by atoms with E-state index in [1.54, 1.807) is 12.1 Å². The van der Waals surface area contributed by atoms with Gasteiger partial charge in [-0.05, 0) is 24.5 Å². The molecule has 1 aliphatic carbocycles. The van der Waals surface area contributed by atoms with Gasteiger partial charge >= 0.3 is 0 Å². The molecular weight excluding hydrogens is 188 g/mol. The van der Waals surface area contributed by atoms with E-state index in [0.29, 0.717) is 11.4 Å². The minimum atomic E-state index is 0.594. The van der Waals surface area contributed by atoms with Crippen LogP contribution in [0.1, 0.15) is 25.7 Å². The van der Waals surface area contributed by atoms with Crippen molar-refractivity contribution in [2.24, 2.45) is 5.92 Å². The number of ether oxygens (including phenoxy) is 1. The SMILES string of the molecule is Nc1ccc(OCCC2CCC2)cc1N. The molecule has 0 amide bonds. The van der Waals surface area contributed by atoms with E-state index in [-0.39, 0.29) is 0 Å². The monoisotopic (exact) mass is 206 g/mol. The predicted molar refractivity (Wildman–Crippen MR) is 62.7 cm³/mol. The Labute approximate surface area is 90.4 Å². The summed E-state index contributed by atoms with van der Waals surface area (Å²) in [6, 6.07) is 5.44. The van der Waals surface area contributed by atoms with E-state index in [0.717, 1.165) is 24.7 Å². The zero-order chi connectivity index (χ0) is 10.7. The summed E-state index contributed by atoms with van der Waals surface area (Å²) in [6.07, 6.45) is 5.28. The van der Waals surface area contributed by atoms with Crippen LogP contribution in [0, 0.1) is 5.92 Å². The Morgan fingerprint density at radius 3 is 2.60 bits per heavy atom. The fraction of sp³-hybridized carbons (Fsp3) is 0.500. The topological polar surface area (TPSA) is 61.3 Å². The van der Waals surface area contributed by atoms with Gasteiger partial charge in [-0.15, -0.1) is 0 Å². The molecule has 82 valence electrons. The van der Waals surface area contributed by atoms with Gasteiger partial charge in [0.2, 0.25) is 0 Å². The summed E-state index contributed by atoms with van der Waals surface area (Å²) in [7, 11) is 0. The fourth-order valence-electron chi connectivity index (χ4n) is 1.77. The summed E-state index contributed by atoms with van der Waals surface area (Å²) < 4.78 is 5.61. The van der Waals surface area contributed by atoms with E-state index < -0.39 is 0 Å². The first-order valence-corrected chi connectivity index (χ1v) is 5.53. The summed E-state index contributed by atoms with van der Waals surface area (Å²) in [5.74, 6) is 1.71. The number of benzene rings is 1. The molecule has 0 radical (unpaired) electrons. The normalized spacial score (nSPS) is 16.0. The highest BCUT2D eigenvalue weighted by molar-refractivity contribution is 5.65. The largest absolute Gasteiger partial charge is 0.494 e. The van der Waals surface area contributed by atoms with Gasteiger partial charge in [0, 0.05) is 6.07 Å². The first-order valence-electron chi connectivity index (χ1n) is 5.53. The maximum absolute atomic E-state index is 5.68. The van der Waals surface area contributed by atoms with Gasteiger partial charge in [-0.25, -0.2) is 0 Å². The summed E-state index contributed by atoms with van der Waals surface area (Å²) in [5, 5.41) is 0. The molecule has 2 rings (SSSR count). The van der Waals surface area contributed by atoms with Crippen LogP contribution in [0.15, 0.2) is 18.2 Å². The molecule has 1 saturated carbocycles. The molecule has 0 bridgehead atoms. The Morgan fingerprint density at radius 2 is 2.00 bits per heavy atom. The van der Waals surface area contributed by atoms with Crippen LogP contribution in [0.3, 0.4) is 0 Å². The van der Waals surface area contributed by atoms with E-state index in [1.165, 1.54) is 19.3 Å². The lowest BCUT2D eigenvalue weighted by Crippen LogP contribution is -2.14.